The second-order valence-corrected chi connectivity index (χ2v) is 13.3. The summed E-state index contributed by atoms with van der Waals surface area (Å²) >= 11 is 0. The van der Waals surface area contributed by atoms with Gasteiger partial charge in [0.05, 0.1) is 18.8 Å². The molecule has 46 heavy (non-hydrogen) atoms. The summed E-state index contributed by atoms with van der Waals surface area (Å²) in [5, 5.41) is 22.9. The lowest BCUT2D eigenvalue weighted by molar-refractivity contribution is -0.123. The van der Waals surface area contributed by atoms with E-state index in [9.17, 15) is 15.0 Å². The van der Waals surface area contributed by atoms with Crippen LogP contribution in [0.3, 0.4) is 0 Å². The first-order chi connectivity index (χ1) is 22.7. The van der Waals surface area contributed by atoms with Crippen molar-refractivity contribution in [2.45, 2.75) is 206 Å². The fraction of sp³-hybridized carbons (Fsp3) is 0.786. The Morgan fingerprint density at radius 3 is 1.43 bits per heavy atom. The molecule has 0 bridgehead atoms. The lowest BCUT2D eigenvalue weighted by atomic mass is 10.1. The summed E-state index contributed by atoms with van der Waals surface area (Å²) in [6, 6.07) is -0.640. The second-order valence-electron chi connectivity index (χ2n) is 13.3. The fourth-order valence-corrected chi connectivity index (χ4v) is 5.69. The Kier molecular flexibility index (Phi) is 36.4. The van der Waals surface area contributed by atoms with Crippen LogP contribution in [-0.2, 0) is 4.79 Å². The third kappa shape index (κ3) is 33.7. The average molecular weight is 644 g/mol. The molecule has 0 aromatic carbocycles. The van der Waals surface area contributed by atoms with Gasteiger partial charge in [0.1, 0.15) is 0 Å². The zero-order valence-electron chi connectivity index (χ0n) is 30.6. The highest BCUT2D eigenvalue weighted by molar-refractivity contribution is 5.76. The van der Waals surface area contributed by atoms with E-state index in [1.165, 1.54) is 135 Å². The molecule has 0 heterocycles. The van der Waals surface area contributed by atoms with Gasteiger partial charge in [-0.2, -0.15) is 0 Å². The second kappa shape index (κ2) is 37.8. The highest BCUT2D eigenvalue weighted by Gasteiger charge is 2.17. The Morgan fingerprint density at radius 2 is 0.913 bits per heavy atom. The van der Waals surface area contributed by atoms with Crippen molar-refractivity contribution >= 4 is 5.91 Å². The van der Waals surface area contributed by atoms with E-state index < -0.39 is 12.1 Å². The normalized spacial score (nSPS) is 13.6. The van der Waals surface area contributed by atoms with Crippen LogP contribution in [0.25, 0.3) is 0 Å². The Hall–Kier alpha value is -1.65. The van der Waals surface area contributed by atoms with Gasteiger partial charge in [-0.05, 0) is 64.2 Å². The van der Waals surface area contributed by atoms with E-state index in [0.29, 0.717) is 6.42 Å². The average Bonchev–Trinajstić information content (AvgIpc) is 3.06. The molecule has 0 aromatic rings. The Bertz CT molecular complexity index is 741. The Balaban J connectivity index is 3.65. The highest BCUT2D eigenvalue weighted by atomic mass is 16.3. The highest BCUT2D eigenvalue weighted by Crippen LogP contribution is 2.13. The minimum Gasteiger partial charge on any atom is -0.394 e. The van der Waals surface area contributed by atoms with Gasteiger partial charge in [-0.15, -0.1) is 0 Å². The summed E-state index contributed by atoms with van der Waals surface area (Å²) in [6.07, 6.45) is 50.6. The maximum absolute atomic E-state index is 12.3. The summed E-state index contributed by atoms with van der Waals surface area (Å²) < 4.78 is 0. The van der Waals surface area contributed by atoms with Crippen molar-refractivity contribution in [2.75, 3.05) is 6.61 Å². The van der Waals surface area contributed by atoms with E-state index >= 15 is 0 Å². The first kappa shape index (κ1) is 44.4. The van der Waals surface area contributed by atoms with E-state index in [1.54, 1.807) is 6.08 Å². The zero-order chi connectivity index (χ0) is 33.6. The third-order valence-corrected chi connectivity index (χ3v) is 8.78. The van der Waals surface area contributed by atoms with E-state index in [-0.39, 0.29) is 12.5 Å². The third-order valence-electron chi connectivity index (χ3n) is 8.78. The number of carbonyl (C=O) groups excluding carboxylic acids is 1. The summed E-state index contributed by atoms with van der Waals surface area (Å²) in [7, 11) is 0. The number of rotatable bonds is 35. The van der Waals surface area contributed by atoms with Crippen molar-refractivity contribution < 1.29 is 15.0 Å². The van der Waals surface area contributed by atoms with Gasteiger partial charge in [-0.3, -0.25) is 4.79 Å². The number of hydrogen-bond acceptors (Lipinski definition) is 3. The quantitative estimate of drug-likeness (QED) is 0.0475. The number of aliphatic hydroxyl groups is 2. The maximum Gasteiger partial charge on any atom is 0.220 e. The molecular weight excluding hydrogens is 566 g/mol. The predicted molar refractivity (Wildman–Crippen MR) is 202 cm³/mol. The van der Waals surface area contributed by atoms with Gasteiger partial charge in [0.2, 0.25) is 5.91 Å². The molecule has 0 rings (SSSR count). The zero-order valence-corrected chi connectivity index (χ0v) is 30.6. The molecule has 2 atom stereocenters. The van der Waals surface area contributed by atoms with Crippen LogP contribution in [0.15, 0.2) is 48.6 Å². The van der Waals surface area contributed by atoms with Gasteiger partial charge in [0.25, 0.3) is 0 Å². The van der Waals surface area contributed by atoms with Crippen molar-refractivity contribution in [3.05, 3.63) is 48.6 Å². The molecule has 1 amide bonds. The van der Waals surface area contributed by atoms with Crippen LogP contribution in [0.2, 0.25) is 0 Å². The van der Waals surface area contributed by atoms with Crippen molar-refractivity contribution in [3.63, 3.8) is 0 Å². The molecule has 0 spiro atoms. The summed E-state index contributed by atoms with van der Waals surface area (Å²) in [5.74, 6) is -0.0806. The monoisotopic (exact) mass is 644 g/mol. The van der Waals surface area contributed by atoms with Crippen molar-refractivity contribution in [1.82, 2.24) is 5.32 Å². The molecule has 0 fully saturated rings. The Morgan fingerprint density at radius 1 is 0.522 bits per heavy atom. The molecule has 3 N–H and O–H groups in total. The molecule has 2 unspecified atom stereocenters. The number of allylic oxidation sites excluding steroid dienone is 7. The standard InChI is InChI=1S/C42H77NO3/c1-3-5-7-9-11-13-15-17-19-20-21-22-24-26-28-30-32-34-36-38-42(46)43-40(39-44)41(45)37-35-33-31-29-27-25-23-18-16-14-12-10-8-6-4-2/h11,13,17,19,27,29,35,37,40-41,44-45H,3-10,12,14-16,18,20-26,28,30-34,36,38-39H2,1-2H3,(H,43,46)/b13-11-,19-17-,29-27+,37-35+. The molecule has 0 saturated heterocycles. The molecule has 0 aliphatic carbocycles. The fourth-order valence-electron chi connectivity index (χ4n) is 5.69. The van der Waals surface area contributed by atoms with E-state index in [4.69, 9.17) is 0 Å². The summed E-state index contributed by atoms with van der Waals surface area (Å²) in [6.45, 7) is 4.26. The first-order valence-electron chi connectivity index (χ1n) is 19.9. The van der Waals surface area contributed by atoms with Crippen molar-refractivity contribution in [3.8, 4) is 0 Å². The van der Waals surface area contributed by atoms with E-state index in [1.807, 2.05) is 6.08 Å². The van der Waals surface area contributed by atoms with Gasteiger partial charge in [0.15, 0.2) is 0 Å². The van der Waals surface area contributed by atoms with Crippen LogP contribution in [0.5, 0.6) is 0 Å². The van der Waals surface area contributed by atoms with Gasteiger partial charge in [-0.25, -0.2) is 0 Å². The molecule has 0 aliphatic heterocycles. The van der Waals surface area contributed by atoms with Gasteiger partial charge < -0.3 is 15.5 Å². The van der Waals surface area contributed by atoms with Gasteiger partial charge in [-0.1, -0.05) is 172 Å². The maximum atomic E-state index is 12.3. The number of hydrogen-bond donors (Lipinski definition) is 3. The minimum atomic E-state index is -0.863. The summed E-state index contributed by atoms with van der Waals surface area (Å²) in [5.41, 5.74) is 0. The van der Waals surface area contributed by atoms with E-state index in [2.05, 4.69) is 55.6 Å². The lowest BCUT2D eigenvalue weighted by Crippen LogP contribution is -2.45. The van der Waals surface area contributed by atoms with Crippen molar-refractivity contribution in [1.29, 1.82) is 0 Å². The number of aliphatic hydroxyl groups excluding tert-OH is 2. The smallest absolute Gasteiger partial charge is 0.220 e. The molecule has 0 radical (unpaired) electrons. The van der Waals surface area contributed by atoms with Crippen LogP contribution in [-0.4, -0.2) is 34.9 Å². The Labute approximate surface area is 286 Å². The molecule has 4 heteroatoms. The van der Waals surface area contributed by atoms with Crippen LogP contribution < -0.4 is 5.32 Å². The van der Waals surface area contributed by atoms with Gasteiger partial charge >= 0.3 is 0 Å². The SMILES string of the molecule is CCCCC/C=C\C/C=C\CCCCCCCCCCCC(=O)NC(CO)C(O)/C=C/CC/C=C/CCCCCCCCCCC. The molecule has 4 nitrogen and oxygen atoms in total. The number of carbonyl (C=O) groups is 1. The van der Waals surface area contributed by atoms with E-state index in [0.717, 1.165) is 38.5 Å². The van der Waals surface area contributed by atoms with Crippen molar-refractivity contribution in [2.24, 2.45) is 0 Å². The largest absolute Gasteiger partial charge is 0.394 e. The predicted octanol–water partition coefficient (Wildman–Crippen LogP) is 12.0. The first-order valence-corrected chi connectivity index (χ1v) is 19.9. The molecule has 0 saturated carbocycles. The molecule has 0 aliphatic rings. The summed E-state index contributed by atoms with van der Waals surface area (Å²) in [4.78, 5) is 12.3. The van der Waals surface area contributed by atoms with Crippen LogP contribution >= 0.6 is 0 Å². The topological polar surface area (TPSA) is 69.6 Å². The van der Waals surface area contributed by atoms with Crippen LogP contribution in [0, 0.1) is 0 Å². The number of unbranched alkanes of at least 4 members (excludes halogenated alkanes) is 22. The number of amides is 1. The molecule has 0 aromatic heterocycles. The number of nitrogens with one attached hydrogen (secondary N) is 1. The van der Waals surface area contributed by atoms with Gasteiger partial charge in [0, 0.05) is 6.42 Å². The van der Waals surface area contributed by atoms with Crippen LogP contribution in [0.1, 0.15) is 194 Å². The van der Waals surface area contributed by atoms with Crippen LogP contribution in [0.4, 0.5) is 0 Å². The molecule has 268 valence electrons. The minimum absolute atomic E-state index is 0.0806. The lowest BCUT2D eigenvalue weighted by Gasteiger charge is -2.19. The molecular formula is C42H77NO3.